The predicted molar refractivity (Wildman–Crippen MR) is 115 cm³/mol. The fourth-order valence-electron chi connectivity index (χ4n) is 2.04. The van der Waals surface area contributed by atoms with Gasteiger partial charge in [0, 0.05) is 27.2 Å². The number of guanidine groups is 1. The monoisotopic (exact) mass is 466 g/mol. The van der Waals surface area contributed by atoms with Crippen molar-refractivity contribution in [2.24, 2.45) is 12.0 Å². The maximum atomic E-state index is 4.72. The number of aryl methyl sites for hydroxylation is 1. The number of halogens is 1. The molecule has 1 aromatic heterocycles. The van der Waals surface area contributed by atoms with E-state index >= 15 is 0 Å². The first-order chi connectivity index (χ1) is 11.1. The standard InChI is InChI=1S/C16H30N6S.HI/c1-6-7-8-11-21(3)16(17-10-9-12-23-5)18-13-15-20-19-14(2)22(15)4;/h6H,1,7-13H2,2-5H3,(H,17,18);1H. The second-order valence-electron chi connectivity index (χ2n) is 5.49. The number of rotatable bonds is 10. The minimum Gasteiger partial charge on any atom is -0.356 e. The van der Waals surface area contributed by atoms with E-state index in [1.165, 1.54) is 0 Å². The Morgan fingerprint density at radius 1 is 1.42 bits per heavy atom. The summed E-state index contributed by atoms with van der Waals surface area (Å²) in [5.74, 6) is 3.87. The highest BCUT2D eigenvalue weighted by atomic mass is 127. The van der Waals surface area contributed by atoms with E-state index in [2.05, 4.69) is 40.3 Å². The molecule has 0 bridgehead atoms. The first-order valence-corrected chi connectivity index (χ1v) is 9.43. The summed E-state index contributed by atoms with van der Waals surface area (Å²) in [6.45, 7) is 8.15. The van der Waals surface area contributed by atoms with Crippen molar-refractivity contribution in [2.45, 2.75) is 32.7 Å². The van der Waals surface area contributed by atoms with E-state index in [1.807, 2.05) is 36.4 Å². The Morgan fingerprint density at radius 2 is 2.17 bits per heavy atom. The second-order valence-corrected chi connectivity index (χ2v) is 6.47. The molecule has 1 rings (SSSR count). The van der Waals surface area contributed by atoms with E-state index in [4.69, 9.17) is 4.99 Å². The molecule has 0 fully saturated rings. The molecule has 0 aliphatic heterocycles. The Balaban J connectivity index is 0.00000529. The Kier molecular flexibility index (Phi) is 13.1. The van der Waals surface area contributed by atoms with Gasteiger partial charge in [-0.25, -0.2) is 4.99 Å². The summed E-state index contributed by atoms with van der Waals surface area (Å²) in [6, 6.07) is 0. The highest BCUT2D eigenvalue weighted by Crippen LogP contribution is 2.02. The second kappa shape index (κ2) is 13.5. The molecule has 1 N–H and O–H groups in total. The van der Waals surface area contributed by atoms with E-state index in [9.17, 15) is 0 Å². The van der Waals surface area contributed by atoms with Crippen LogP contribution in [0.1, 0.15) is 30.9 Å². The highest BCUT2D eigenvalue weighted by molar-refractivity contribution is 14.0. The van der Waals surface area contributed by atoms with Crippen molar-refractivity contribution in [3.63, 3.8) is 0 Å². The topological polar surface area (TPSA) is 58.3 Å². The summed E-state index contributed by atoms with van der Waals surface area (Å²) >= 11 is 1.87. The van der Waals surface area contributed by atoms with Gasteiger partial charge in [0.1, 0.15) is 12.4 Å². The van der Waals surface area contributed by atoms with E-state index in [-0.39, 0.29) is 24.0 Å². The lowest BCUT2D eigenvalue weighted by molar-refractivity contribution is 0.467. The highest BCUT2D eigenvalue weighted by Gasteiger charge is 2.08. The molecule has 0 aliphatic rings. The smallest absolute Gasteiger partial charge is 0.194 e. The molecule has 6 nitrogen and oxygen atoms in total. The normalized spacial score (nSPS) is 11.1. The molecule has 0 unspecified atom stereocenters. The van der Waals surface area contributed by atoms with Crippen LogP contribution in [0.15, 0.2) is 17.6 Å². The van der Waals surface area contributed by atoms with Crippen LogP contribution < -0.4 is 5.32 Å². The maximum absolute atomic E-state index is 4.72. The number of aliphatic imine (C=N–C) groups is 1. The van der Waals surface area contributed by atoms with E-state index in [0.29, 0.717) is 6.54 Å². The summed E-state index contributed by atoms with van der Waals surface area (Å²) in [4.78, 5) is 6.89. The van der Waals surface area contributed by atoms with Gasteiger partial charge in [-0.1, -0.05) is 6.08 Å². The zero-order chi connectivity index (χ0) is 17.1. The van der Waals surface area contributed by atoms with Gasteiger partial charge in [0.15, 0.2) is 11.8 Å². The third-order valence-corrected chi connectivity index (χ3v) is 4.32. The molecule has 24 heavy (non-hydrogen) atoms. The molecule has 0 radical (unpaired) electrons. The van der Waals surface area contributed by atoms with Crippen molar-refractivity contribution in [1.82, 2.24) is 25.0 Å². The van der Waals surface area contributed by atoms with Crippen molar-refractivity contribution in [3.05, 3.63) is 24.3 Å². The van der Waals surface area contributed by atoms with E-state index < -0.39 is 0 Å². The summed E-state index contributed by atoms with van der Waals surface area (Å²) in [5.41, 5.74) is 0. The summed E-state index contributed by atoms with van der Waals surface area (Å²) in [6.07, 6.45) is 7.32. The van der Waals surface area contributed by atoms with Gasteiger partial charge in [-0.3, -0.25) is 0 Å². The quantitative estimate of drug-likeness (QED) is 0.189. The SMILES string of the molecule is C=CCCCN(C)C(=NCc1nnc(C)n1C)NCCCSC.I. The summed E-state index contributed by atoms with van der Waals surface area (Å²) in [7, 11) is 4.05. The molecule has 0 aliphatic carbocycles. The van der Waals surface area contributed by atoms with Crippen molar-refractivity contribution < 1.29 is 0 Å². The minimum absolute atomic E-state index is 0. The Hall–Kier alpha value is -0.770. The van der Waals surface area contributed by atoms with Crippen LogP contribution >= 0.6 is 35.7 Å². The molecule has 138 valence electrons. The third kappa shape index (κ3) is 8.36. The summed E-state index contributed by atoms with van der Waals surface area (Å²) in [5, 5.41) is 11.7. The lowest BCUT2D eigenvalue weighted by Gasteiger charge is -2.22. The predicted octanol–water partition coefficient (Wildman–Crippen LogP) is 2.84. The molecule has 0 saturated heterocycles. The van der Waals surface area contributed by atoms with Crippen LogP contribution in [0.3, 0.4) is 0 Å². The first-order valence-electron chi connectivity index (χ1n) is 8.04. The number of unbranched alkanes of at least 4 members (excludes halogenated alkanes) is 1. The van der Waals surface area contributed by atoms with Crippen LogP contribution in [0, 0.1) is 6.92 Å². The van der Waals surface area contributed by atoms with Crippen LogP contribution in [0.25, 0.3) is 0 Å². The largest absolute Gasteiger partial charge is 0.356 e. The van der Waals surface area contributed by atoms with Crippen LogP contribution in [0.2, 0.25) is 0 Å². The van der Waals surface area contributed by atoms with Gasteiger partial charge in [0.25, 0.3) is 0 Å². The lowest BCUT2D eigenvalue weighted by Crippen LogP contribution is -2.40. The van der Waals surface area contributed by atoms with Crippen LogP contribution in [0.5, 0.6) is 0 Å². The van der Waals surface area contributed by atoms with Gasteiger partial charge < -0.3 is 14.8 Å². The van der Waals surface area contributed by atoms with Gasteiger partial charge in [0.05, 0.1) is 0 Å². The minimum atomic E-state index is 0. The molecule has 0 saturated carbocycles. The number of thioether (sulfide) groups is 1. The first kappa shape index (κ1) is 23.2. The molecule has 1 heterocycles. The van der Waals surface area contributed by atoms with Gasteiger partial charge in [-0.05, 0) is 38.2 Å². The van der Waals surface area contributed by atoms with E-state index in [0.717, 1.165) is 55.7 Å². The molecule has 0 aromatic carbocycles. The molecule has 1 aromatic rings. The van der Waals surface area contributed by atoms with Crippen LogP contribution in [-0.2, 0) is 13.6 Å². The Morgan fingerprint density at radius 3 is 2.75 bits per heavy atom. The fraction of sp³-hybridized carbons (Fsp3) is 0.688. The molecular formula is C16H31IN6S. The Labute approximate surface area is 167 Å². The lowest BCUT2D eigenvalue weighted by atomic mass is 10.3. The molecule has 8 heteroatoms. The molecule has 0 amide bonds. The summed E-state index contributed by atoms with van der Waals surface area (Å²) < 4.78 is 1.98. The number of aromatic nitrogens is 3. The maximum Gasteiger partial charge on any atom is 0.194 e. The van der Waals surface area contributed by atoms with Gasteiger partial charge in [0.2, 0.25) is 0 Å². The van der Waals surface area contributed by atoms with Gasteiger partial charge >= 0.3 is 0 Å². The molecule has 0 spiro atoms. The van der Waals surface area contributed by atoms with E-state index in [1.54, 1.807) is 0 Å². The van der Waals surface area contributed by atoms with Gasteiger partial charge in [-0.15, -0.1) is 40.8 Å². The zero-order valence-corrected chi connectivity index (χ0v) is 18.4. The molecule has 0 atom stereocenters. The van der Waals surface area contributed by atoms with Gasteiger partial charge in [-0.2, -0.15) is 11.8 Å². The number of hydrogen-bond acceptors (Lipinski definition) is 4. The average Bonchev–Trinajstić information content (AvgIpc) is 2.86. The number of hydrogen-bond donors (Lipinski definition) is 1. The number of allylic oxidation sites excluding steroid dienone is 1. The molecular weight excluding hydrogens is 435 g/mol. The van der Waals surface area contributed by atoms with Crippen molar-refractivity contribution in [3.8, 4) is 0 Å². The van der Waals surface area contributed by atoms with Crippen LogP contribution in [0.4, 0.5) is 0 Å². The average molecular weight is 466 g/mol. The Bertz CT molecular complexity index is 503. The zero-order valence-electron chi connectivity index (χ0n) is 15.3. The number of nitrogens with one attached hydrogen (secondary N) is 1. The van der Waals surface area contributed by atoms with Crippen LogP contribution in [-0.4, -0.2) is 57.8 Å². The van der Waals surface area contributed by atoms with Crippen molar-refractivity contribution >= 4 is 41.7 Å². The third-order valence-electron chi connectivity index (χ3n) is 3.62. The fourth-order valence-corrected chi connectivity index (χ4v) is 2.47. The number of nitrogens with zero attached hydrogens (tertiary/aromatic N) is 5. The van der Waals surface area contributed by atoms with Crippen molar-refractivity contribution in [1.29, 1.82) is 0 Å². The van der Waals surface area contributed by atoms with Crippen molar-refractivity contribution in [2.75, 3.05) is 32.1 Å².